The number of imidazole rings is 1. The van der Waals surface area contributed by atoms with E-state index in [2.05, 4.69) is 68.8 Å². The number of benzene rings is 2. The third-order valence-electron chi connectivity index (χ3n) is 6.64. The average Bonchev–Trinajstić information content (AvgIpc) is 3.09. The van der Waals surface area contributed by atoms with Gasteiger partial charge in [0.25, 0.3) is 0 Å². The lowest BCUT2D eigenvalue weighted by atomic mass is 9.80. The first-order chi connectivity index (χ1) is 15.2. The Hall–Kier alpha value is -2.82. The first-order valence-electron chi connectivity index (χ1n) is 11.6. The maximum Gasteiger partial charge on any atom is 0.337 e. The number of carbonyl (C=O) groups is 1. The number of esters is 1. The molecule has 5 heteroatoms. The minimum absolute atomic E-state index is 0.115. The van der Waals surface area contributed by atoms with E-state index < -0.39 is 0 Å². The normalized spacial score (nSPS) is 21.5. The lowest BCUT2D eigenvalue weighted by Gasteiger charge is -2.33. The smallest absolute Gasteiger partial charge is 0.337 e. The lowest BCUT2D eigenvalue weighted by molar-refractivity contribution is 0.0601. The fourth-order valence-electron chi connectivity index (χ4n) is 5.10. The van der Waals surface area contributed by atoms with Gasteiger partial charge in [-0.2, -0.15) is 0 Å². The summed E-state index contributed by atoms with van der Waals surface area (Å²) < 4.78 is 7.26. The molecule has 0 saturated heterocycles. The van der Waals surface area contributed by atoms with Gasteiger partial charge in [0.15, 0.2) is 0 Å². The van der Waals surface area contributed by atoms with Gasteiger partial charge in [-0.1, -0.05) is 46.8 Å². The highest BCUT2D eigenvalue weighted by molar-refractivity contribution is 5.94. The SMILES string of the molecule is COC(=O)c1ccc2c(c1)nc(Nc1ccc(C(C)(C)C)cc1)n2C1CC(C)CC(C)C1. The zero-order chi connectivity index (χ0) is 23.0. The van der Waals surface area contributed by atoms with Gasteiger partial charge in [-0.25, -0.2) is 9.78 Å². The second-order valence-electron chi connectivity index (χ2n) is 10.5. The number of aromatic nitrogens is 2. The van der Waals surface area contributed by atoms with Crippen molar-refractivity contribution in [2.75, 3.05) is 12.4 Å². The van der Waals surface area contributed by atoms with E-state index in [4.69, 9.17) is 9.72 Å². The van der Waals surface area contributed by atoms with Gasteiger partial charge in [0.2, 0.25) is 5.95 Å². The van der Waals surface area contributed by atoms with E-state index in [0.717, 1.165) is 35.5 Å². The second-order valence-corrected chi connectivity index (χ2v) is 10.5. The lowest BCUT2D eigenvalue weighted by Crippen LogP contribution is -2.23. The summed E-state index contributed by atoms with van der Waals surface area (Å²) in [6.07, 6.45) is 3.53. The van der Waals surface area contributed by atoms with Crippen LogP contribution in [0.25, 0.3) is 11.0 Å². The number of fused-ring (bicyclic) bond motifs is 1. The summed E-state index contributed by atoms with van der Waals surface area (Å²) in [4.78, 5) is 17.0. The predicted molar refractivity (Wildman–Crippen MR) is 131 cm³/mol. The highest BCUT2D eigenvalue weighted by Gasteiger charge is 2.28. The van der Waals surface area contributed by atoms with Crippen LogP contribution in [0.2, 0.25) is 0 Å². The van der Waals surface area contributed by atoms with E-state index in [9.17, 15) is 4.79 Å². The van der Waals surface area contributed by atoms with Gasteiger partial charge in [0.05, 0.1) is 23.7 Å². The number of ether oxygens (including phenoxy) is 1. The minimum atomic E-state index is -0.339. The molecular formula is C27H35N3O2. The molecule has 2 atom stereocenters. The molecule has 2 unspecified atom stereocenters. The summed E-state index contributed by atoms with van der Waals surface area (Å²) in [5.41, 5.74) is 4.82. The maximum absolute atomic E-state index is 12.1. The van der Waals surface area contributed by atoms with Crippen LogP contribution in [0.1, 0.15) is 75.8 Å². The molecule has 0 radical (unpaired) electrons. The minimum Gasteiger partial charge on any atom is -0.465 e. The zero-order valence-electron chi connectivity index (χ0n) is 20.1. The van der Waals surface area contributed by atoms with Crippen LogP contribution in [0.4, 0.5) is 11.6 Å². The van der Waals surface area contributed by atoms with Gasteiger partial charge in [0, 0.05) is 11.7 Å². The Balaban J connectivity index is 1.76. The molecule has 3 aromatic rings. The molecule has 1 heterocycles. The summed E-state index contributed by atoms with van der Waals surface area (Å²) in [7, 11) is 1.41. The van der Waals surface area contributed by atoms with E-state index in [1.165, 1.54) is 19.1 Å². The van der Waals surface area contributed by atoms with Gasteiger partial charge in [0.1, 0.15) is 0 Å². The van der Waals surface area contributed by atoms with Gasteiger partial charge in [-0.3, -0.25) is 0 Å². The Bertz CT molecular complexity index is 1100. The number of hydrogen-bond donors (Lipinski definition) is 1. The van der Waals surface area contributed by atoms with Crippen LogP contribution in [0.5, 0.6) is 0 Å². The van der Waals surface area contributed by atoms with E-state index in [1.54, 1.807) is 0 Å². The van der Waals surface area contributed by atoms with Crippen molar-refractivity contribution in [3.8, 4) is 0 Å². The van der Waals surface area contributed by atoms with Gasteiger partial charge >= 0.3 is 5.97 Å². The van der Waals surface area contributed by atoms with Gasteiger partial charge < -0.3 is 14.6 Å². The van der Waals surface area contributed by atoms with Crippen LogP contribution in [-0.4, -0.2) is 22.6 Å². The van der Waals surface area contributed by atoms with Gasteiger partial charge in [-0.15, -0.1) is 0 Å². The van der Waals surface area contributed by atoms with Crippen LogP contribution in [0.15, 0.2) is 42.5 Å². The van der Waals surface area contributed by atoms with Crippen molar-refractivity contribution in [1.29, 1.82) is 0 Å². The number of carbonyl (C=O) groups excluding carboxylic acids is 1. The van der Waals surface area contributed by atoms with E-state index in [0.29, 0.717) is 23.4 Å². The van der Waals surface area contributed by atoms with Crippen LogP contribution in [0.3, 0.4) is 0 Å². The second kappa shape index (κ2) is 8.61. The molecule has 1 aromatic heterocycles. The molecule has 1 aliphatic carbocycles. The fourth-order valence-corrected chi connectivity index (χ4v) is 5.10. The third-order valence-corrected chi connectivity index (χ3v) is 6.64. The van der Waals surface area contributed by atoms with E-state index in [-0.39, 0.29) is 11.4 Å². The summed E-state index contributed by atoms with van der Waals surface area (Å²) >= 11 is 0. The highest BCUT2D eigenvalue weighted by atomic mass is 16.5. The largest absolute Gasteiger partial charge is 0.465 e. The molecule has 0 bridgehead atoms. The van der Waals surface area contributed by atoms with Crippen LogP contribution < -0.4 is 5.32 Å². The number of hydrogen-bond acceptors (Lipinski definition) is 4. The summed E-state index contributed by atoms with van der Waals surface area (Å²) in [5.74, 6) is 1.84. The molecule has 0 amide bonds. The van der Waals surface area contributed by atoms with Crippen molar-refractivity contribution in [1.82, 2.24) is 9.55 Å². The molecule has 1 N–H and O–H groups in total. The predicted octanol–water partition coefficient (Wildman–Crippen LogP) is 6.86. The molecule has 0 spiro atoms. The third kappa shape index (κ3) is 4.52. The standard InChI is InChI=1S/C27H35N3O2/c1-17-13-18(2)15-22(14-17)30-24-12-7-19(25(31)32-6)16-23(24)29-26(30)28-21-10-8-20(9-11-21)27(3,4)5/h7-12,16-18,22H,13-15H2,1-6H3,(H,28,29). The molecule has 2 aromatic carbocycles. The molecule has 1 aliphatic rings. The Morgan fingerprint density at radius 2 is 1.69 bits per heavy atom. The first-order valence-corrected chi connectivity index (χ1v) is 11.6. The number of anilines is 2. The molecule has 1 fully saturated rings. The average molecular weight is 434 g/mol. The van der Waals surface area contributed by atoms with Crippen LogP contribution in [-0.2, 0) is 10.2 Å². The fraction of sp³-hybridized carbons (Fsp3) is 0.481. The number of nitrogens with zero attached hydrogens (tertiary/aromatic N) is 2. The summed E-state index contributed by atoms with van der Waals surface area (Å²) in [6, 6.07) is 14.6. The van der Waals surface area contributed by atoms with E-state index >= 15 is 0 Å². The molecule has 1 saturated carbocycles. The molecule has 4 rings (SSSR count). The molecule has 5 nitrogen and oxygen atoms in total. The topological polar surface area (TPSA) is 56.1 Å². The van der Waals surface area contributed by atoms with Crippen molar-refractivity contribution < 1.29 is 9.53 Å². The highest BCUT2D eigenvalue weighted by Crippen LogP contribution is 2.40. The summed E-state index contributed by atoms with van der Waals surface area (Å²) in [5, 5.41) is 3.57. The molecule has 0 aliphatic heterocycles. The number of methoxy groups -OCH3 is 1. The zero-order valence-corrected chi connectivity index (χ0v) is 20.1. The first kappa shape index (κ1) is 22.4. The van der Waals surface area contributed by atoms with Crippen LogP contribution >= 0.6 is 0 Å². The molecule has 32 heavy (non-hydrogen) atoms. The number of rotatable bonds is 4. The molecular weight excluding hydrogens is 398 g/mol. The summed E-state index contributed by atoms with van der Waals surface area (Å²) in [6.45, 7) is 11.3. The van der Waals surface area contributed by atoms with Crippen molar-refractivity contribution in [2.45, 2.75) is 65.3 Å². The Morgan fingerprint density at radius 1 is 1.03 bits per heavy atom. The van der Waals surface area contributed by atoms with Crippen LogP contribution in [0, 0.1) is 11.8 Å². The van der Waals surface area contributed by atoms with Crippen molar-refractivity contribution in [3.05, 3.63) is 53.6 Å². The van der Waals surface area contributed by atoms with Crippen molar-refractivity contribution in [3.63, 3.8) is 0 Å². The van der Waals surface area contributed by atoms with Crippen molar-refractivity contribution >= 4 is 28.6 Å². The quantitative estimate of drug-likeness (QED) is 0.457. The van der Waals surface area contributed by atoms with Gasteiger partial charge in [-0.05, 0) is 72.4 Å². The maximum atomic E-state index is 12.1. The Kier molecular flexibility index (Phi) is 6.02. The molecule has 170 valence electrons. The number of nitrogens with one attached hydrogen (secondary N) is 1. The monoisotopic (exact) mass is 433 g/mol. The Morgan fingerprint density at radius 3 is 2.28 bits per heavy atom. The van der Waals surface area contributed by atoms with E-state index in [1.807, 2.05) is 18.2 Å². The van der Waals surface area contributed by atoms with Crippen molar-refractivity contribution in [2.24, 2.45) is 11.8 Å². The Labute approximate surface area is 191 Å².